The van der Waals surface area contributed by atoms with Gasteiger partial charge in [-0.3, -0.25) is 4.79 Å². The molecule has 2 atom stereocenters. The highest BCUT2D eigenvalue weighted by atomic mass is 16.6. The predicted molar refractivity (Wildman–Crippen MR) is 45.5 cm³/mol. The van der Waals surface area contributed by atoms with Gasteiger partial charge in [-0.05, 0) is 6.42 Å². The van der Waals surface area contributed by atoms with Crippen LogP contribution in [0.4, 0.5) is 0 Å². The van der Waals surface area contributed by atoms with Crippen LogP contribution in [0.25, 0.3) is 0 Å². The van der Waals surface area contributed by atoms with Gasteiger partial charge in [-0.25, -0.2) is 0 Å². The van der Waals surface area contributed by atoms with Crippen molar-refractivity contribution < 1.29 is 14.6 Å². The van der Waals surface area contributed by atoms with Crippen LogP contribution in [0.5, 0.6) is 0 Å². The number of ether oxygens (including phenoxy) is 1. The van der Waals surface area contributed by atoms with Crippen LogP contribution in [-0.2, 0) is 9.53 Å². The van der Waals surface area contributed by atoms with Gasteiger partial charge in [-0.1, -0.05) is 19.8 Å². The van der Waals surface area contributed by atoms with E-state index in [-0.39, 0.29) is 24.8 Å². The Hall–Kier alpha value is -0.610. The number of aliphatic carboxylic acids is 1. The molecule has 1 saturated heterocycles. The van der Waals surface area contributed by atoms with E-state index in [9.17, 15) is 4.79 Å². The van der Waals surface area contributed by atoms with Gasteiger partial charge in [0, 0.05) is 0 Å². The van der Waals surface area contributed by atoms with E-state index in [0.717, 1.165) is 19.3 Å². The first kappa shape index (κ1) is 11.4. The molecule has 1 fully saturated rings. The highest BCUT2D eigenvalue weighted by molar-refractivity contribution is 5.67. The molecule has 1 aliphatic heterocycles. The van der Waals surface area contributed by atoms with Crippen molar-refractivity contribution >= 4 is 5.97 Å². The molecule has 1 aliphatic rings. The number of carbonyl (C=O) groups is 1. The van der Waals surface area contributed by atoms with Crippen molar-refractivity contribution in [1.29, 1.82) is 0 Å². The summed E-state index contributed by atoms with van der Waals surface area (Å²) in [5, 5.41) is 8.39. The summed E-state index contributed by atoms with van der Waals surface area (Å²) in [6.45, 7) is 2.12. The second-order valence-electron chi connectivity index (χ2n) is 2.95. The molecule has 0 aromatic heterocycles. The van der Waals surface area contributed by atoms with Crippen LogP contribution in [-0.4, -0.2) is 23.3 Å². The van der Waals surface area contributed by atoms with Crippen molar-refractivity contribution in [1.82, 2.24) is 6.15 Å². The number of unbranched alkanes of at least 4 members (excludes halogenated alkanes) is 1. The van der Waals surface area contributed by atoms with E-state index in [1.165, 1.54) is 0 Å². The Bertz CT molecular complexity index is 149. The summed E-state index contributed by atoms with van der Waals surface area (Å²) in [7, 11) is 0. The van der Waals surface area contributed by atoms with E-state index in [0.29, 0.717) is 0 Å². The van der Waals surface area contributed by atoms with Crippen LogP contribution in [0.3, 0.4) is 0 Å². The summed E-state index contributed by atoms with van der Waals surface area (Å²) >= 11 is 0. The van der Waals surface area contributed by atoms with Crippen LogP contribution < -0.4 is 6.15 Å². The molecule has 0 aromatic rings. The Morgan fingerprint density at radius 3 is 2.67 bits per heavy atom. The maximum atomic E-state index is 10.2. The first-order chi connectivity index (χ1) is 5.24. The molecule has 0 spiro atoms. The lowest BCUT2D eigenvalue weighted by atomic mass is 10.1. The molecule has 72 valence electrons. The lowest BCUT2D eigenvalue weighted by Crippen LogP contribution is -2.02. The monoisotopic (exact) mass is 175 g/mol. The maximum Gasteiger partial charge on any atom is 0.306 e. The second kappa shape index (κ2) is 5.11. The number of epoxide rings is 1. The summed E-state index contributed by atoms with van der Waals surface area (Å²) in [5.41, 5.74) is 0. The minimum Gasteiger partial charge on any atom is -0.481 e. The first-order valence-corrected chi connectivity index (χ1v) is 4.11. The lowest BCUT2D eigenvalue weighted by Gasteiger charge is -1.90. The Morgan fingerprint density at radius 2 is 2.17 bits per heavy atom. The maximum absolute atomic E-state index is 10.2. The molecule has 1 rings (SSSR count). The fraction of sp³-hybridized carbons (Fsp3) is 0.875. The van der Waals surface area contributed by atoms with E-state index >= 15 is 0 Å². The van der Waals surface area contributed by atoms with Gasteiger partial charge in [0.25, 0.3) is 0 Å². The third kappa shape index (κ3) is 3.69. The van der Waals surface area contributed by atoms with Crippen LogP contribution in [0.2, 0.25) is 0 Å². The first-order valence-electron chi connectivity index (χ1n) is 4.11. The molecule has 4 heteroatoms. The van der Waals surface area contributed by atoms with E-state index in [4.69, 9.17) is 9.84 Å². The Labute approximate surface area is 72.5 Å². The predicted octanol–water partition coefficient (Wildman–Crippen LogP) is 1.58. The van der Waals surface area contributed by atoms with Crippen molar-refractivity contribution in [2.75, 3.05) is 0 Å². The minimum absolute atomic E-state index is 0. The Kier molecular flexibility index (Phi) is 4.85. The number of hydrogen-bond donors (Lipinski definition) is 2. The van der Waals surface area contributed by atoms with Crippen molar-refractivity contribution in [3.63, 3.8) is 0 Å². The highest BCUT2D eigenvalue weighted by Crippen LogP contribution is 2.29. The summed E-state index contributed by atoms with van der Waals surface area (Å²) in [4.78, 5) is 10.2. The zero-order valence-electron chi connectivity index (χ0n) is 7.45. The molecule has 0 aromatic carbocycles. The quantitative estimate of drug-likeness (QED) is 0.621. The van der Waals surface area contributed by atoms with Gasteiger partial charge in [-0.15, -0.1) is 0 Å². The zero-order chi connectivity index (χ0) is 8.27. The van der Waals surface area contributed by atoms with E-state index in [1.807, 2.05) is 0 Å². The number of hydrogen-bond acceptors (Lipinski definition) is 3. The average Bonchev–Trinajstić information content (AvgIpc) is 2.62. The third-order valence-electron chi connectivity index (χ3n) is 1.91. The minimum atomic E-state index is -0.756. The molecule has 4 nitrogen and oxygen atoms in total. The molecular formula is C8H17NO3. The van der Waals surface area contributed by atoms with Crippen molar-refractivity contribution in [3.8, 4) is 0 Å². The molecule has 0 radical (unpaired) electrons. The molecule has 0 amide bonds. The average molecular weight is 175 g/mol. The van der Waals surface area contributed by atoms with Crippen molar-refractivity contribution in [3.05, 3.63) is 0 Å². The fourth-order valence-corrected chi connectivity index (χ4v) is 1.19. The summed E-state index contributed by atoms with van der Waals surface area (Å²) in [5.74, 6) is -0.756. The van der Waals surface area contributed by atoms with Gasteiger partial charge < -0.3 is 16.0 Å². The summed E-state index contributed by atoms with van der Waals surface area (Å²) in [6.07, 6.45) is 3.74. The highest BCUT2D eigenvalue weighted by Gasteiger charge is 2.39. The van der Waals surface area contributed by atoms with Crippen LogP contribution in [0.1, 0.15) is 32.6 Å². The smallest absolute Gasteiger partial charge is 0.306 e. The summed E-state index contributed by atoms with van der Waals surface area (Å²) in [6, 6.07) is 0. The van der Waals surface area contributed by atoms with Gasteiger partial charge in [0.1, 0.15) is 0 Å². The standard InChI is InChI=1S/C8H14O3.H3N/c1-2-3-4-6-7(11-6)5-8(9)10;/h6-7H,2-5H2,1H3,(H,9,10);1H3/t6-,7-;/m1./s1. The number of carboxylic acid groups (broad SMARTS) is 1. The number of carboxylic acids is 1. The number of rotatable bonds is 5. The normalized spacial score (nSPS) is 26.1. The molecule has 0 bridgehead atoms. The van der Waals surface area contributed by atoms with Gasteiger partial charge >= 0.3 is 5.97 Å². The molecule has 0 saturated carbocycles. The van der Waals surface area contributed by atoms with Crippen molar-refractivity contribution in [2.45, 2.75) is 44.8 Å². The van der Waals surface area contributed by atoms with E-state index in [2.05, 4.69) is 6.92 Å². The topological polar surface area (TPSA) is 84.8 Å². The van der Waals surface area contributed by atoms with Crippen LogP contribution >= 0.6 is 0 Å². The largest absolute Gasteiger partial charge is 0.481 e. The van der Waals surface area contributed by atoms with Crippen LogP contribution in [0.15, 0.2) is 0 Å². The van der Waals surface area contributed by atoms with E-state index < -0.39 is 5.97 Å². The third-order valence-corrected chi connectivity index (χ3v) is 1.91. The summed E-state index contributed by atoms with van der Waals surface area (Å²) < 4.78 is 5.15. The van der Waals surface area contributed by atoms with Crippen molar-refractivity contribution in [2.24, 2.45) is 0 Å². The fourth-order valence-electron chi connectivity index (χ4n) is 1.19. The van der Waals surface area contributed by atoms with Gasteiger partial charge in [0.05, 0.1) is 18.6 Å². The van der Waals surface area contributed by atoms with Gasteiger partial charge in [0.15, 0.2) is 0 Å². The molecule has 4 N–H and O–H groups in total. The van der Waals surface area contributed by atoms with E-state index in [1.54, 1.807) is 0 Å². The molecule has 0 unspecified atom stereocenters. The molecule has 12 heavy (non-hydrogen) atoms. The molecule has 1 heterocycles. The second-order valence-corrected chi connectivity index (χ2v) is 2.95. The Balaban J connectivity index is 0.00000121. The van der Waals surface area contributed by atoms with Crippen LogP contribution in [0, 0.1) is 0 Å². The molecular weight excluding hydrogens is 158 g/mol. The lowest BCUT2D eigenvalue weighted by molar-refractivity contribution is -0.137. The Morgan fingerprint density at radius 1 is 1.50 bits per heavy atom. The van der Waals surface area contributed by atoms with Gasteiger partial charge in [0.2, 0.25) is 0 Å². The SMILES string of the molecule is CCCC[C@H]1O[C@@H]1CC(=O)O.N. The zero-order valence-corrected chi connectivity index (χ0v) is 7.45. The molecule has 0 aliphatic carbocycles. The van der Waals surface area contributed by atoms with Gasteiger partial charge in [-0.2, -0.15) is 0 Å².